The first-order valence-corrected chi connectivity index (χ1v) is 7.99. The number of rotatable bonds is 12. The Bertz CT molecular complexity index is 144. The van der Waals surface area contributed by atoms with Crippen molar-refractivity contribution in [2.75, 3.05) is 6.54 Å². The molecule has 0 aliphatic rings. The van der Waals surface area contributed by atoms with E-state index in [4.69, 9.17) is 0 Å². The highest BCUT2D eigenvalue weighted by Gasteiger charge is 2.14. The van der Waals surface area contributed by atoms with Gasteiger partial charge in [0, 0.05) is 6.04 Å². The number of hydrogen-bond donors (Lipinski definition) is 1. The molecule has 0 saturated carbocycles. The largest absolute Gasteiger partial charge is 0.314 e. The zero-order valence-electron chi connectivity index (χ0n) is 12.7. The van der Waals surface area contributed by atoms with Gasteiger partial charge in [0.15, 0.2) is 0 Å². The molecule has 0 aliphatic carbocycles. The quantitative estimate of drug-likeness (QED) is 0.466. The Kier molecular flexibility index (Phi) is 12.4. The van der Waals surface area contributed by atoms with Crippen molar-refractivity contribution >= 4 is 0 Å². The van der Waals surface area contributed by atoms with E-state index >= 15 is 0 Å². The van der Waals surface area contributed by atoms with E-state index in [1.165, 1.54) is 57.8 Å². The lowest BCUT2D eigenvalue weighted by atomic mass is 9.90. The average molecular weight is 241 g/mol. The van der Waals surface area contributed by atoms with Crippen LogP contribution < -0.4 is 5.32 Å². The highest BCUT2D eigenvalue weighted by atomic mass is 14.9. The summed E-state index contributed by atoms with van der Waals surface area (Å²) in [7, 11) is 0. The Balaban J connectivity index is 3.61. The van der Waals surface area contributed by atoms with Gasteiger partial charge < -0.3 is 5.32 Å². The first kappa shape index (κ1) is 17.0. The molecular formula is C16H35N. The van der Waals surface area contributed by atoms with Crippen LogP contribution in [0.4, 0.5) is 0 Å². The molecule has 0 radical (unpaired) electrons. The monoisotopic (exact) mass is 241 g/mol. The Labute approximate surface area is 110 Å². The zero-order chi connectivity index (χ0) is 12.9. The molecule has 0 fully saturated rings. The molecule has 2 atom stereocenters. The van der Waals surface area contributed by atoms with Crippen LogP contribution >= 0.6 is 0 Å². The minimum absolute atomic E-state index is 0.704. The van der Waals surface area contributed by atoms with Crippen molar-refractivity contribution < 1.29 is 0 Å². The molecule has 0 aromatic rings. The summed E-state index contributed by atoms with van der Waals surface area (Å²) >= 11 is 0. The van der Waals surface area contributed by atoms with E-state index in [9.17, 15) is 0 Å². The molecule has 1 N–H and O–H groups in total. The molecule has 104 valence electrons. The predicted molar refractivity (Wildman–Crippen MR) is 79.5 cm³/mol. The maximum absolute atomic E-state index is 3.59. The molecule has 0 bridgehead atoms. The second-order valence-corrected chi connectivity index (χ2v) is 5.45. The molecule has 0 rings (SSSR count). The SMILES string of the molecule is CCCCCCCCC(CCC)C(C)NCC. The van der Waals surface area contributed by atoms with E-state index in [1.54, 1.807) is 0 Å². The summed E-state index contributed by atoms with van der Waals surface area (Å²) in [5.74, 6) is 0.895. The molecule has 0 aromatic carbocycles. The third kappa shape index (κ3) is 9.64. The van der Waals surface area contributed by atoms with Gasteiger partial charge in [0.05, 0.1) is 0 Å². The van der Waals surface area contributed by atoms with Crippen molar-refractivity contribution in [3.63, 3.8) is 0 Å². The predicted octanol–water partition coefficient (Wildman–Crippen LogP) is 5.15. The van der Waals surface area contributed by atoms with Gasteiger partial charge in [0.25, 0.3) is 0 Å². The van der Waals surface area contributed by atoms with Crippen molar-refractivity contribution in [1.82, 2.24) is 5.32 Å². The molecule has 0 spiro atoms. The normalized spacial score (nSPS) is 14.8. The van der Waals surface area contributed by atoms with E-state index in [1.807, 2.05) is 0 Å². The Morgan fingerprint density at radius 3 is 2.00 bits per heavy atom. The Morgan fingerprint density at radius 2 is 1.41 bits per heavy atom. The summed E-state index contributed by atoms with van der Waals surface area (Å²) in [5.41, 5.74) is 0. The highest BCUT2D eigenvalue weighted by molar-refractivity contribution is 4.71. The van der Waals surface area contributed by atoms with Gasteiger partial charge in [-0.15, -0.1) is 0 Å². The lowest BCUT2D eigenvalue weighted by molar-refractivity contribution is 0.324. The summed E-state index contributed by atoms with van der Waals surface area (Å²) in [4.78, 5) is 0. The van der Waals surface area contributed by atoms with Crippen molar-refractivity contribution in [3.8, 4) is 0 Å². The van der Waals surface area contributed by atoms with Crippen molar-refractivity contribution in [1.29, 1.82) is 0 Å². The maximum atomic E-state index is 3.59. The molecule has 1 heteroatoms. The van der Waals surface area contributed by atoms with Crippen LogP contribution in [0.25, 0.3) is 0 Å². The van der Waals surface area contributed by atoms with E-state index in [0.717, 1.165) is 12.5 Å². The van der Waals surface area contributed by atoms with Crippen LogP contribution in [0.2, 0.25) is 0 Å². The zero-order valence-corrected chi connectivity index (χ0v) is 12.7. The lowest BCUT2D eigenvalue weighted by Gasteiger charge is -2.24. The smallest absolute Gasteiger partial charge is 0.00668 e. The maximum Gasteiger partial charge on any atom is 0.00668 e. The summed E-state index contributed by atoms with van der Waals surface area (Å²) in [5, 5.41) is 3.59. The number of nitrogens with one attached hydrogen (secondary N) is 1. The molecule has 0 aliphatic heterocycles. The van der Waals surface area contributed by atoms with Gasteiger partial charge in [0.1, 0.15) is 0 Å². The highest BCUT2D eigenvalue weighted by Crippen LogP contribution is 2.20. The third-order valence-electron chi connectivity index (χ3n) is 3.82. The average Bonchev–Trinajstić information content (AvgIpc) is 2.32. The van der Waals surface area contributed by atoms with Gasteiger partial charge in [0.2, 0.25) is 0 Å². The molecule has 2 unspecified atom stereocenters. The van der Waals surface area contributed by atoms with Gasteiger partial charge in [-0.05, 0) is 32.2 Å². The van der Waals surface area contributed by atoms with Crippen LogP contribution in [-0.4, -0.2) is 12.6 Å². The van der Waals surface area contributed by atoms with Crippen LogP contribution in [0.15, 0.2) is 0 Å². The van der Waals surface area contributed by atoms with E-state index in [-0.39, 0.29) is 0 Å². The lowest BCUT2D eigenvalue weighted by Crippen LogP contribution is -2.33. The van der Waals surface area contributed by atoms with E-state index in [0.29, 0.717) is 6.04 Å². The standard InChI is InChI=1S/C16H35N/c1-5-8-9-10-11-12-14-16(13-6-2)15(4)17-7-3/h15-17H,5-14H2,1-4H3. The third-order valence-corrected chi connectivity index (χ3v) is 3.82. The fraction of sp³-hybridized carbons (Fsp3) is 1.00. The minimum Gasteiger partial charge on any atom is -0.314 e. The van der Waals surface area contributed by atoms with Crippen molar-refractivity contribution in [3.05, 3.63) is 0 Å². The molecular weight excluding hydrogens is 206 g/mol. The van der Waals surface area contributed by atoms with Crippen LogP contribution in [-0.2, 0) is 0 Å². The molecule has 0 saturated heterocycles. The molecule has 17 heavy (non-hydrogen) atoms. The first-order chi connectivity index (χ1) is 8.26. The second kappa shape index (κ2) is 12.4. The Hall–Kier alpha value is -0.0400. The fourth-order valence-electron chi connectivity index (χ4n) is 2.69. The van der Waals surface area contributed by atoms with Crippen molar-refractivity contribution in [2.45, 2.75) is 91.5 Å². The minimum atomic E-state index is 0.704. The van der Waals surface area contributed by atoms with Gasteiger partial charge in [-0.3, -0.25) is 0 Å². The van der Waals surface area contributed by atoms with Crippen LogP contribution in [0.5, 0.6) is 0 Å². The summed E-state index contributed by atoms with van der Waals surface area (Å²) in [6, 6.07) is 0.704. The fourth-order valence-corrected chi connectivity index (χ4v) is 2.69. The van der Waals surface area contributed by atoms with Gasteiger partial charge >= 0.3 is 0 Å². The number of unbranched alkanes of at least 4 members (excludes halogenated alkanes) is 5. The van der Waals surface area contributed by atoms with Crippen LogP contribution in [0.1, 0.15) is 85.5 Å². The first-order valence-electron chi connectivity index (χ1n) is 7.99. The summed E-state index contributed by atoms with van der Waals surface area (Å²) in [6.45, 7) is 10.3. The Morgan fingerprint density at radius 1 is 0.765 bits per heavy atom. The van der Waals surface area contributed by atoms with Gasteiger partial charge in [-0.1, -0.05) is 65.7 Å². The summed E-state index contributed by atoms with van der Waals surface area (Å²) < 4.78 is 0. The topological polar surface area (TPSA) is 12.0 Å². The van der Waals surface area contributed by atoms with Crippen molar-refractivity contribution in [2.24, 2.45) is 5.92 Å². The molecule has 0 amide bonds. The molecule has 1 nitrogen and oxygen atoms in total. The van der Waals surface area contributed by atoms with Crippen LogP contribution in [0.3, 0.4) is 0 Å². The second-order valence-electron chi connectivity index (χ2n) is 5.45. The van der Waals surface area contributed by atoms with Gasteiger partial charge in [-0.2, -0.15) is 0 Å². The van der Waals surface area contributed by atoms with Crippen LogP contribution in [0, 0.1) is 5.92 Å². The van der Waals surface area contributed by atoms with Gasteiger partial charge in [-0.25, -0.2) is 0 Å². The molecule has 0 aromatic heterocycles. The summed E-state index contributed by atoms with van der Waals surface area (Å²) in [6.07, 6.45) is 12.7. The van der Waals surface area contributed by atoms with E-state index < -0.39 is 0 Å². The molecule has 0 heterocycles. The number of hydrogen-bond acceptors (Lipinski definition) is 1. The van der Waals surface area contributed by atoms with E-state index in [2.05, 4.69) is 33.0 Å².